The van der Waals surface area contributed by atoms with E-state index in [1.165, 1.54) is 13.0 Å². The summed E-state index contributed by atoms with van der Waals surface area (Å²) in [6, 6.07) is 6.60. The van der Waals surface area contributed by atoms with Crippen molar-refractivity contribution in [1.29, 1.82) is 0 Å². The molecular weight excluding hydrogens is 464 g/mol. The summed E-state index contributed by atoms with van der Waals surface area (Å²) in [6.45, 7) is 15.3. The highest BCUT2D eigenvalue weighted by molar-refractivity contribution is 6.06. The van der Waals surface area contributed by atoms with E-state index < -0.39 is 23.9 Å². The van der Waals surface area contributed by atoms with Gasteiger partial charge in [0.1, 0.15) is 13.2 Å². The number of allylic oxidation sites excluding steroid dienone is 3. The van der Waals surface area contributed by atoms with Crippen molar-refractivity contribution < 1.29 is 38.1 Å². The highest BCUT2D eigenvalue weighted by atomic mass is 16.6. The molecule has 0 bridgehead atoms. The normalized spacial score (nSPS) is 11.2. The number of benzene rings is 1. The van der Waals surface area contributed by atoms with Crippen molar-refractivity contribution in [3.63, 3.8) is 0 Å². The van der Waals surface area contributed by atoms with Gasteiger partial charge in [0.15, 0.2) is 0 Å². The minimum absolute atomic E-state index is 0.00928. The van der Waals surface area contributed by atoms with Gasteiger partial charge in [0.05, 0.1) is 24.4 Å². The molecule has 1 rings (SSSR count). The van der Waals surface area contributed by atoms with Crippen LogP contribution in [-0.4, -0.2) is 50.3 Å². The van der Waals surface area contributed by atoms with E-state index in [2.05, 4.69) is 19.7 Å². The minimum Gasteiger partial charge on any atom is -0.462 e. The van der Waals surface area contributed by atoms with Gasteiger partial charge >= 0.3 is 23.9 Å². The molecule has 0 aromatic heterocycles. The van der Waals surface area contributed by atoms with Gasteiger partial charge in [0, 0.05) is 17.6 Å². The lowest BCUT2D eigenvalue weighted by molar-refractivity contribution is -0.141. The van der Waals surface area contributed by atoms with Gasteiger partial charge in [-0.15, -0.1) is 0 Å². The maximum Gasteiger partial charge on any atom is 0.338 e. The minimum atomic E-state index is -0.657. The van der Waals surface area contributed by atoms with Crippen LogP contribution < -0.4 is 0 Å². The van der Waals surface area contributed by atoms with Crippen LogP contribution in [0.4, 0.5) is 0 Å². The Morgan fingerprint density at radius 1 is 0.778 bits per heavy atom. The zero-order valence-corrected chi connectivity index (χ0v) is 21.0. The SMILES string of the molecule is C=CC(C(=O)OCCCOC(=O)C(=C)C)=C(C=CC)c1ccccc1C(=O)OCCOC(=O)C(=C)C. The summed E-state index contributed by atoms with van der Waals surface area (Å²) < 4.78 is 20.5. The van der Waals surface area contributed by atoms with Gasteiger partial charge in [-0.1, -0.05) is 56.2 Å². The standard InChI is InChI=1S/C28H32O8/c1-7-12-22(21(8-2)27(31)34-16-11-15-33-25(29)19(3)4)23-13-9-10-14-24(23)28(32)36-18-17-35-26(30)20(5)6/h7-10,12-14H,2-3,5,11,15-18H2,1,4,6H3. The molecule has 0 atom stereocenters. The molecular formula is C28H32O8. The van der Waals surface area contributed by atoms with Crippen molar-refractivity contribution in [2.24, 2.45) is 0 Å². The van der Waals surface area contributed by atoms with E-state index in [4.69, 9.17) is 18.9 Å². The second-order valence-electron chi connectivity index (χ2n) is 7.53. The number of carbonyl (C=O) groups excluding carboxylic acids is 4. The fourth-order valence-electron chi connectivity index (χ4n) is 2.75. The van der Waals surface area contributed by atoms with Crippen molar-refractivity contribution in [3.05, 3.63) is 90.1 Å². The van der Waals surface area contributed by atoms with E-state index in [1.807, 2.05) is 0 Å². The van der Waals surface area contributed by atoms with Gasteiger partial charge < -0.3 is 18.9 Å². The molecule has 0 N–H and O–H groups in total. The molecule has 1 aromatic rings. The van der Waals surface area contributed by atoms with Crippen LogP contribution in [0.25, 0.3) is 5.57 Å². The molecule has 0 amide bonds. The Balaban J connectivity index is 3.01. The van der Waals surface area contributed by atoms with Crippen LogP contribution in [0.15, 0.2) is 78.9 Å². The summed E-state index contributed by atoms with van der Waals surface area (Å²) >= 11 is 0. The zero-order valence-electron chi connectivity index (χ0n) is 21.0. The first-order valence-electron chi connectivity index (χ1n) is 11.2. The predicted octanol–water partition coefficient (Wildman–Crippen LogP) is 4.53. The number of rotatable bonds is 14. The first kappa shape index (κ1) is 29.8. The first-order valence-corrected chi connectivity index (χ1v) is 11.2. The average molecular weight is 497 g/mol. The van der Waals surface area contributed by atoms with Gasteiger partial charge in [0.2, 0.25) is 0 Å². The third-order valence-electron chi connectivity index (χ3n) is 4.49. The molecule has 0 radical (unpaired) electrons. The Morgan fingerprint density at radius 3 is 1.81 bits per heavy atom. The highest BCUT2D eigenvalue weighted by Gasteiger charge is 2.20. The van der Waals surface area contributed by atoms with Crippen molar-refractivity contribution >= 4 is 29.5 Å². The molecule has 8 nitrogen and oxygen atoms in total. The number of ether oxygens (including phenoxy) is 4. The lowest BCUT2D eigenvalue weighted by atomic mass is 9.94. The number of esters is 4. The van der Waals surface area contributed by atoms with Crippen LogP contribution in [0, 0.1) is 0 Å². The molecule has 0 heterocycles. The fraction of sp³-hybridized carbons (Fsp3) is 0.286. The lowest BCUT2D eigenvalue weighted by Gasteiger charge is -2.14. The van der Waals surface area contributed by atoms with Crippen LogP contribution in [-0.2, 0) is 33.3 Å². The molecule has 0 aliphatic rings. The van der Waals surface area contributed by atoms with Crippen LogP contribution in [0.1, 0.15) is 43.1 Å². The van der Waals surface area contributed by atoms with Crippen LogP contribution in [0.3, 0.4) is 0 Å². The third-order valence-corrected chi connectivity index (χ3v) is 4.49. The summed E-state index contributed by atoms with van der Waals surface area (Å²) in [5.74, 6) is -2.40. The van der Waals surface area contributed by atoms with Crippen LogP contribution in [0.2, 0.25) is 0 Å². The van der Waals surface area contributed by atoms with Crippen molar-refractivity contribution in [2.75, 3.05) is 26.4 Å². The summed E-state index contributed by atoms with van der Waals surface area (Å²) in [5, 5.41) is 0. The molecule has 8 heteroatoms. The Labute approximate surface area is 211 Å². The Kier molecular flexibility index (Phi) is 13.0. The molecule has 0 spiro atoms. The van der Waals surface area contributed by atoms with Crippen LogP contribution in [0.5, 0.6) is 0 Å². The molecule has 0 saturated heterocycles. The van der Waals surface area contributed by atoms with Crippen LogP contribution >= 0.6 is 0 Å². The fourth-order valence-corrected chi connectivity index (χ4v) is 2.75. The second-order valence-corrected chi connectivity index (χ2v) is 7.53. The molecule has 0 saturated carbocycles. The van der Waals surface area contributed by atoms with E-state index in [0.29, 0.717) is 17.6 Å². The van der Waals surface area contributed by atoms with E-state index in [9.17, 15) is 19.2 Å². The lowest BCUT2D eigenvalue weighted by Crippen LogP contribution is -2.16. The maximum atomic E-state index is 12.8. The number of hydrogen-bond acceptors (Lipinski definition) is 8. The monoisotopic (exact) mass is 496 g/mol. The molecule has 36 heavy (non-hydrogen) atoms. The summed E-state index contributed by atoms with van der Waals surface area (Å²) in [7, 11) is 0. The van der Waals surface area contributed by atoms with E-state index >= 15 is 0 Å². The van der Waals surface area contributed by atoms with E-state index in [1.54, 1.807) is 50.3 Å². The predicted molar refractivity (Wildman–Crippen MR) is 136 cm³/mol. The summed E-state index contributed by atoms with van der Waals surface area (Å²) in [5.41, 5.74) is 1.71. The second kappa shape index (κ2) is 15.7. The Hall–Kier alpha value is -4.20. The van der Waals surface area contributed by atoms with Gasteiger partial charge in [0.25, 0.3) is 0 Å². The Morgan fingerprint density at radius 2 is 1.28 bits per heavy atom. The Bertz CT molecular complexity index is 1070. The zero-order chi connectivity index (χ0) is 27.1. The molecule has 1 aromatic carbocycles. The van der Waals surface area contributed by atoms with Gasteiger partial charge in [-0.25, -0.2) is 19.2 Å². The van der Waals surface area contributed by atoms with Crippen molar-refractivity contribution in [1.82, 2.24) is 0 Å². The van der Waals surface area contributed by atoms with Crippen molar-refractivity contribution in [3.8, 4) is 0 Å². The smallest absolute Gasteiger partial charge is 0.338 e. The largest absolute Gasteiger partial charge is 0.462 e. The molecule has 0 unspecified atom stereocenters. The number of carbonyl (C=O) groups is 4. The van der Waals surface area contributed by atoms with E-state index in [-0.39, 0.29) is 48.7 Å². The third kappa shape index (κ3) is 9.58. The van der Waals surface area contributed by atoms with Gasteiger partial charge in [-0.2, -0.15) is 0 Å². The molecule has 0 fully saturated rings. The quantitative estimate of drug-likeness (QED) is 0.122. The molecule has 0 aliphatic carbocycles. The summed E-state index contributed by atoms with van der Waals surface area (Å²) in [4.78, 5) is 48.4. The molecule has 0 aliphatic heterocycles. The highest BCUT2D eigenvalue weighted by Crippen LogP contribution is 2.26. The average Bonchev–Trinajstić information content (AvgIpc) is 2.85. The van der Waals surface area contributed by atoms with Gasteiger partial charge in [-0.3, -0.25) is 0 Å². The topological polar surface area (TPSA) is 105 Å². The maximum absolute atomic E-state index is 12.8. The van der Waals surface area contributed by atoms with Crippen molar-refractivity contribution in [2.45, 2.75) is 27.2 Å². The first-order chi connectivity index (χ1) is 17.1. The summed E-state index contributed by atoms with van der Waals surface area (Å²) in [6.07, 6.45) is 5.01. The van der Waals surface area contributed by atoms with E-state index in [0.717, 1.165) is 0 Å². The van der Waals surface area contributed by atoms with Gasteiger partial charge in [-0.05, 0) is 38.0 Å². The molecule has 192 valence electrons. The number of hydrogen-bond donors (Lipinski definition) is 0.